The monoisotopic (exact) mass is 491 g/mol. The first kappa shape index (κ1) is 22.4. The van der Waals surface area contributed by atoms with Gasteiger partial charge in [-0.25, -0.2) is 0 Å². The van der Waals surface area contributed by atoms with E-state index in [2.05, 4.69) is 41.2 Å². The average Bonchev–Trinajstić information content (AvgIpc) is 3.33. The topological polar surface area (TPSA) is 90.3 Å². The van der Waals surface area contributed by atoms with E-state index in [0.717, 1.165) is 11.6 Å². The molecule has 172 valence electrons. The predicted molar refractivity (Wildman–Crippen MR) is 136 cm³/mol. The summed E-state index contributed by atoms with van der Waals surface area (Å²) in [7, 11) is -4.31. The molecule has 34 heavy (non-hydrogen) atoms. The zero-order valence-electron chi connectivity index (χ0n) is 18.5. The fourth-order valence-corrected chi connectivity index (χ4v) is 5.74. The van der Waals surface area contributed by atoms with E-state index in [1.165, 1.54) is 50.6 Å². The molecular weight excluding hydrogens is 470 g/mol. The summed E-state index contributed by atoms with van der Waals surface area (Å²) in [4.78, 5) is 16.3. The number of carbonyl (C=O) groups excluding carboxylic acids is 1. The highest BCUT2D eigenvalue weighted by molar-refractivity contribution is 8.03. The number of benzene rings is 3. The first-order valence-electron chi connectivity index (χ1n) is 10.6. The van der Waals surface area contributed by atoms with Gasteiger partial charge in [-0.15, -0.1) is 0 Å². The van der Waals surface area contributed by atoms with E-state index in [4.69, 9.17) is 4.55 Å². The highest BCUT2D eigenvalue weighted by atomic mass is 32.2. The van der Waals surface area contributed by atoms with E-state index in [1.807, 2.05) is 18.2 Å². The zero-order chi connectivity index (χ0) is 24.0. The molecule has 0 radical (unpaired) electrons. The van der Waals surface area contributed by atoms with Crippen LogP contribution in [0.25, 0.3) is 10.8 Å². The van der Waals surface area contributed by atoms with Gasteiger partial charge in [0, 0.05) is 16.8 Å². The molecule has 0 aliphatic carbocycles. The number of hydrazone groups is 1. The Balaban J connectivity index is 1.45. The van der Waals surface area contributed by atoms with E-state index < -0.39 is 10.1 Å². The quantitative estimate of drug-likeness (QED) is 0.398. The molecule has 0 saturated carbocycles. The van der Waals surface area contributed by atoms with Crippen molar-refractivity contribution < 1.29 is 17.8 Å². The first-order chi connectivity index (χ1) is 16.3. The van der Waals surface area contributed by atoms with Gasteiger partial charge in [0.2, 0.25) is 0 Å². The van der Waals surface area contributed by atoms with E-state index in [1.54, 1.807) is 24.8 Å². The second-order valence-corrected chi connectivity index (χ2v) is 10.3. The molecule has 3 aromatic carbocycles. The Hall–Kier alpha value is -3.40. The normalized spacial score (nSPS) is 18.3. The fraction of sp³-hybridized carbons (Fsp3) is 0.120. The third kappa shape index (κ3) is 3.81. The minimum Gasteiger partial charge on any atom is -0.335 e. The van der Waals surface area contributed by atoms with Crippen LogP contribution in [-0.2, 0) is 14.9 Å². The van der Waals surface area contributed by atoms with Gasteiger partial charge in [-0.05, 0) is 61.7 Å². The smallest absolute Gasteiger partial charge is 0.294 e. The maximum Gasteiger partial charge on any atom is 0.294 e. The van der Waals surface area contributed by atoms with Crippen LogP contribution in [-0.4, -0.2) is 31.1 Å². The summed E-state index contributed by atoms with van der Waals surface area (Å²) in [5.41, 5.74) is 2.62. The highest BCUT2D eigenvalue weighted by Gasteiger charge is 2.30. The van der Waals surface area contributed by atoms with Gasteiger partial charge in [-0.2, -0.15) is 18.5 Å². The van der Waals surface area contributed by atoms with Gasteiger partial charge in [0.05, 0.1) is 32.6 Å². The molecule has 2 aliphatic rings. The summed E-state index contributed by atoms with van der Waals surface area (Å²) >= 11 is 1.67. The maximum atomic E-state index is 13.1. The maximum absolute atomic E-state index is 13.1. The molecule has 1 N–H and O–H groups in total. The van der Waals surface area contributed by atoms with Crippen LogP contribution >= 0.6 is 11.8 Å². The van der Waals surface area contributed by atoms with Crippen LogP contribution in [0.5, 0.6) is 0 Å². The Morgan fingerprint density at radius 2 is 1.76 bits per heavy atom. The standard InChI is InChI=1S/C25H21N3O4S2/c1-3-27-23(33-22-14-8-17-6-4-5-7-21(17)24(22)27)15-13-20-16(2)26-28(25(20)29)18-9-11-19(12-10-18)34(30,31)32/h4-15H,3H2,1-2H3,(H,30,31,32). The number of carbonyl (C=O) groups is 1. The number of allylic oxidation sites excluding steroid dienone is 2. The molecule has 0 atom stereocenters. The lowest BCUT2D eigenvalue weighted by atomic mass is 10.1. The van der Waals surface area contributed by atoms with Crippen LogP contribution in [0.1, 0.15) is 13.8 Å². The van der Waals surface area contributed by atoms with Crippen LogP contribution < -0.4 is 9.91 Å². The molecule has 7 nitrogen and oxygen atoms in total. The molecule has 9 heteroatoms. The summed E-state index contributed by atoms with van der Waals surface area (Å²) in [6, 6.07) is 17.9. The van der Waals surface area contributed by atoms with Crippen LogP contribution in [0, 0.1) is 0 Å². The van der Waals surface area contributed by atoms with E-state index in [-0.39, 0.29) is 10.8 Å². The van der Waals surface area contributed by atoms with Gasteiger partial charge >= 0.3 is 0 Å². The van der Waals surface area contributed by atoms with Crippen molar-refractivity contribution in [3.63, 3.8) is 0 Å². The number of thioether (sulfide) groups is 1. The molecule has 0 saturated heterocycles. The summed E-state index contributed by atoms with van der Waals surface area (Å²) in [5.74, 6) is -0.303. The number of hydrogen-bond acceptors (Lipinski definition) is 6. The molecule has 0 fully saturated rings. The number of fused-ring (bicyclic) bond motifs is 3. The summed E-state index contributed by atoms with van der Waals surface area (Å²) in [5, 5.41) is 8.98. The van der Waals surface area contributed by atoms with Crippen molar-refractivity contribution in [3.8, 4) is 0 Å². The van der Waals surface area contributed by atoms with E-state index in [0.29, 0.717) is 17.0 Å². The van der Waals surface area contributed by atoms with E-state index >= 15 is 0 Å². The van der Waals surface area contributed by atoms with Crippen molar-refractivity contribution in [2.75, 3.05) is 16.5 Å². The second kappa shape index (κ2) is 8.43. The van der Waals surface area contributed by atoms with Crippen molar-refractivity contribution in [3.05, 3.63) is 83.4 Å². The number of anilines is 2. The van der Waals surface area contributed by atoms with E-state index in [9.17, 15) is 13.2 Å². The van der Waals surface area contributed by atoms with Crippen molar-refractivity contribution in [1.29, 1.82) is 0 Å². The van der Waals surface area contributed by atoms with Gasteiger partial charge < -0.3 is 4.90 Å². The van der Waals surface area contributed by atoms with Crippen molar-refractivity contribution >= 4 is 55.6 Å². The van der Waals surface area contributed by atoms with Gasteiger partial charge in [0.15, 0.2) is 0 Å². The molecule has 1 amide bonds. The van der Waals surface area contributed by atoms with Crippen LogP contribution in [0.4, 0.5) is 11.4 Å². The van der Waals surface area contributed by atoms with Gasteiger partial charge in [0.1, 0.15) is 0 Å². The number of amides is 1. The largest absolute Gasteiger partial charge is 0.335 e. The molecule has 0 bridgehead atoms. The Kier molecular flexibility index (Phi) is 5.55. The van der Waals surface area contributed by atoms with Crippen LogP contribution in [0.15, 0.2) is 98.3 Å². The zero-order valence-corrected chi connectivity index (χ0v) is 20.1. The Morgan fingerprint density at radius 3 is 2.47 bits per heavy atom. The lowest BCUT2D eigenvalue weighted by Gasteiger charge is -2.19. The first-order valence-corrected chi connectivity index (χ1v) is 12.9. The molecule has 0 spiro atoms. The SMILES string of the molecule is CCN1C(=CC=C2C(=O)N(c3ccc(S(=O)(=O)O)cc3)N=C2C)Sc2ccc3ccccc3c21. The third-order valence-corrected chi connectivity index (χ3v) is 7.75. The molecule has 5 rings (SSSR count). The van der Waals surface area contributed by atoms with Gasteiger partial charge in [-0.3, -0.25) is 9.35 Å². The average molecular weight is 492 g/mol. The molecule has 3 aromatic rings. The van der Waals surface area contributed by atoms with Gasteiger partial charge in [-0.1, -0.05) is 42.1 Å². The molecule has 0 aromatic heterocycles. The van der Waals surface area contributed by atoms with Crippen molar-refractivity contribution in [2.45, 2.75) is 23.6 Å². The molecule has 0 unspecified atom stereocenters. The van der Waals surface area contributed by atoms with Gasteiger partial charge in [0.25, 0.3) is 16.0 Å². The number of nitrogens with zero attached hydrogens (tertiary/aromatic N) is 3. The third-order valence-electron chi connectivity index (χ3n) is 5.76. The molecular formula is C25H21N3O4S2. The molecule has 2 aliphatic heterocycles. The fourth-order valence-electron chi connectivity index (χ4n) is 4.11. The van der Waals surface area contributed by atoms with Crippen molar-refractivity contribution in [1.82, 2.24) is 0 Å². The Morgan fingerprint density at radius 1 is 1.03 bits per heavy atom. The summed E-state index contributed by atoms with van der Waals surface area (Å²) in [6.45, 7) is 4.65. The highest BCUT2D eigenvalue weighted by Crippen LogP contribution is 2.49. The Labute approximate surface area is 201 Å². The minimum absolute atomic E-state index is 0.242. The van der Waals surface area contributed by atoms with Crippen molar-refractivity contribution in [2.24, 2.45) is 5.10 Å². The number of hydrogen-bond donors (Lipinski definition) is 1. The van der Waals surface area contributed by atoms with Crippen LogP contribution in [0.3, 0.4) is 0 Å². The predicted octanol–water partition coefficient (Wildman–Crippen LogP) is 5.21. The Bertz CT molecular complexity index is 1520. The molecule has 2 heterocycles. The summed E-state index contributed by atoms with van der Waals surface area (Å²) < 4.78 is 31.7. The lowest BCUT2D eigenvalue weighted by molar-refractivity contribution is -0.114. The summed E-state index contributed by atoms with van der Waals surface area (Å²) in [6.07, 6.45) is 3.73. The second-order valence-electron chi connectivity index (χ2n) is 7.84. The van der Waals surface area contributed by atoms with Crippen LogP contribution in [0.2, 0.25) is 0 Å². The lowest BCUT2D eigenvalue weighted by Crippen LogP contribution is -2.21. The number of rotatable bonds is 4. The minimum atomic E-state index is -4.31.